The molecule has 1 aromatic carbocycles. The number of piperidine rings is 2. The molecular weight excluding hydrogens is 442 g/mol. The molecule has 0 unspecified atom stereocenters. The van der Waals surface area contributed by atoms with Crippen LogP contribution in [0.4, 0.5) is 5.69 Å². The molecule has 5 aliphatic rings. The first-order chi connectivity index (χ1) is 16.8. The fraction of sp³-hybridized carbons (Fsp3) is 0.667. The molecule has 1 aromatic rings. The van der Waals surface area contributed by atoms with Crippen LogP contribution in [0.15, 0.2) is 18.2 Å². The van der Waals surface area contributed by atoms with Gasteiger partial charge in [-0.05, 0) is 79.8 Å². The summed E-state index contributed by atoms with van der Waals surface area (Å²) in [5.74, 6) is -0.718. The Morgan fingerprint density at radius 2 is 1.77 bits per heavy atom. The predicted octanol–water partition coefficient (Wildman–Crippen LogP) is 1.74. The fourth-order valence-corrected chi connectivity index (χ4v) is 7.64. The van der Waals surface area contributed by atoms with Crippen LogP contribution in [0.3, 0.4) is 0 Å². The second kappa shape index (κ2) is 8.59. The van der Waals surface area contributed by atoms with Gasteiger partial charge in [-0.15, -0.1) is 0 Å². The molecule has 35 heavy (non-hydrogen) atoms. The van der Waals surface area contributed by atoms with Crippen LogP contribution < -0.4 is 15.5 Å². The zero-order valence-corrected chi connectivity index (χ0v) is 20.8. The van der Waals surface area contributed by atoms with Crippen molar-refractivity contribution in [3.8, 4) is 0 Å². The number of hydrogen-bond acceptors (Lipinski definition) is 6. The number of rotatable bonds is 4. The molecule has 3 amide bonds. The standard InChI is InChI=1S/C27H37N5O3/c1-26(16-27(17-26)6-8-28-9-7-27)18-30-10-12-31(13-11-30)20-2-3-21-19(14-20)15-32(25(21)35)22-4-5-23(33)29-24(22)34/h2-3,14,22,28H,4-13,15-18H2,1H3,(H,29,33,34)/t22-/m0/s1. The number of carbonyl (C=O) groups is 3. The van der Waals surface area contributed by atoms with Crippen molar-refractivity contribution in [3.05, 3.63) is 29.3 Å². The number of benzene rings is 1. The second-order valence-corrected chi connectivity index (χ2v) is 11.9. The lowest BCUT2D eigenvalue weighted by atomic mass is 9.50. The van der Waals surface area contributed by atoms with Crippen LogP contribution in [0, 0.1) is 10.8 Å². The molecule has 188 valence electrons. The van der Waals surface area contributed by atoms with Crippen LogP contribution in [0.1, 0.15) is 61.4 Å². The third-order valence-electron chi connectivity index (χ3n) is 9.12. The van der Waals surface area contributed by atoms with E-state index in [1.165, 1.54) is 45.3 Å². The Hall–Kier alpha value is -2.45. The normalized spacial score (nSPS) is 28.1. The monoisotopic (exact) mass is 479 g/mol. The minimum atomic E-state index is -0.559. The van der Waals surface area contributed by atoms with Crippen LogP contribution in [0.2, 0.25) is 0 Å². The summed E-state index contributed by atoms with van der Waals surface area (Å²) >= 11 is 0. The molecule has 6 rings (SSSR count). The maximum absolute atomic E-state index is 13.0. The average Bonchev–Trinajstić information content (AvgIpc) is 3.14. The van der Waals surface area contributed by atoms with Gasteiger partial charge in [-0.1, -0.05) is 6.92 Å². The van der Waals surface area contributed by atoms with Gasteiger partial charge in [0.2, 0.25) is 11.8 Å². The van der Waals surface area contributed by atoms with Crippen molar-refractivity contribution in [3.63, 3.8) is 0 Å². The molecule has 0 aromatic heterocycles. The van der Waals surface area contributed by atoms with E-state index in [1.807, 2.05) is 6.07 Å². The van der Waals surface area contributed by atoms with Crippen LogP contribution in [-0.2, 0) is 16.1 Å². The lowest BCUT2D eigenvalue weighted by Crippen LogP contribution is -2.56. The molecule has 8 heteroatoms. The molecule has 1 atom stereocenters. The van der Waals surface area contributed by atoms with Crippen LogP contribution in [-0.4, -0.2) is 79.4 Å². The van der Waals surface area contributed by atoms with Crippen molar-refractivity contribution in [2.75, 3.05) is 50.7 Å². The van der Waals surface area contributed by atoms with Crippen molar-refractivity contribution in [1.82, 2.24) is 20.4 Å². The molecule has 1 saturated carbocycles. The van der Waals surface area contributed by atoms with Crippen LogP contribution in [0.5, 0.6) is 0 Å². The zero-order chi connectivity index (χ0) is 24.2. The summed E-state index contributed by atoms with van der Waals surface area (Å²) < 4.78 is 0. The minimum Gasteiger partial charge on any atom is -0.369 e. The molecule has 0 radical (unpaired) electrons. The number of carbonyl (C=O) groups excluding carboxylic acids is 3. The summed E-state index contributed by atoms with van der Waals surface area (Å²) in [6.07, 6.45) is 6.13. The summed E-state index contributed by atoms with van der Waals surface area (Å²) in [5.41, 5.74) is 3.90. The molecule has 0 bridgehead atoms. The summed E-state index contributed by atoms with van der Waals surface area (Å²) in [5, 5.41) is 5.89. The average molecular weight is 480 g/mol. The van der Waals surface area contributed by atoms with E-state index >= 15 is 0 Å². The second-order valence-electron chi connectivity index (χ2n) is 11.9. The number of nitrogens with one attached hydrogen (secondary N) is 2. The van der Waals surface area contributed by atoms with Crippen molar-refractivity contribution >= 4 is 23.4 Å². The maximum Gasteiger partial charge on any atom is 0.255 e. The van der Waals surface area contributed by atoms with Crippen LogP contribution in [0.25, 0.3) is 0 Å². The van der Waals surface area contributed by atoms with E-state index < -0.39 is 6.04 Å². The van der Waals surface area contributed by atoms with E-state index in [1.54, 1.807) is 4.90 Å². The summed E-state index contributed by atoms with van der Waals surface area (Å²) in [7, 11) is 0. The summed E-state index contributed by atoms with van der Waals surface area (Å²) in [4.78, 5) is 43.5. The van der Waals surface area contributed by atoms with Crippen molar-refractivity contribution in [1.29, 1.82) is 0 Å². The Balaban J connectivity index is 1.05. The van der Waals surface area contributed by atoms with Crippen molar-refractivity contribution in [2.45, 2.75) is 58.0 Å². The van der Waals surface area contributed by atoms with E-state index in [-0.39, 0.29) is 24.1 Å². The Kier molecular flexibility index (Phi) is 5.64. The first-order valence-corrected chi connectivity index (χ1v) is 13.3. The van der Waals surface area contributed by atoms with E-state index in [4.69, 9.17) is 0 Å². The highest BCUT2D eigenvalue weighted by Gasteiger charge is 2.52. The van der Waals surface area contributed by atoms with Gasteiger partial charge >= 0.3 is 0 Å². The maximum atomic E-state index is 13.0. The molecule has 4 heterocycles. The van der Waals surface area contributed by atoms with Gasteiger partial charge in [0.25, 0.3) is 5.91 Å². The first kappa shape index (κ1) is 23.0. The van der Waals surface area contributed by atoms with Gasteiger partial charge in [-0.25, -0.2) is 0 Å². The Morgan fingerprint density at radius 3 is 2.49 bits per heavy atom. The van der Waals surface area contributed by atoms with E-state index in [0.29, 0.717) is 29.4 Å². The smallest absolute Gasteiger partial charge is 0.255 e. The van der Waals surface area contributed by atoms with Gasteiger partial charge in [0.1, 0.15) is 6.04 Å². The first-order valence-electron chi connectivity index (χ1n) is 13.3. The van der Waals surface area contributed by atoms with Crippen LogP contribution >= 0.6 is 0 Å². The number of nitrogens with zero attached hydrogens (tertiary/aromatic N) is 3. The van der Waals surface area contributed by atoms with Gasteiger partial charge in [0.05, 0.1) is 0 Å². The molecule has 4 fully saturated rings. The Bertz CT molecular complexity index is 1030. The van der Waals surface area contributed by atoms with Crippen molar-refractivity contribution in [2.24, 2.45) is 10.8 Å². The highest BCUT2D eigenvalue weighted by atomic mass is 16.2. The Labute approximate surface area is 207 Å². The number of amides is 3. The van der Waals surface area contributed by atoms with Gasteiger partial charge in [0, 0.05) is 56.9 Å². The molecule has 4 aliphatic heterocycles. The lowest BCUT2D eigenvalue weighted by Gasteiger charge is -2.58. The number of imide groups is 1. The lowest BCUT2D eigenvalue weighted by molar-refractivity contribution is -0.136. The highest BCUT2D eigenvalue weighted by Crippen LogP contribution is 2.59. The van der Waals surface area contributed by atoms with E-state index in [0.717, 1.165) is 37.4 Å². The van der Waals surface area contributed by atoms with Gasteiger partial charge in [-0.3, -0.25) is 24.6 Å². The van der Waals surface area contributed by atoms with E-state index in [2.05, 4.69) is 39.5 Å². The molecule has 8 nitrogen and oxygen atoms in total. The zero-order valence-electron chi connectivity index (χ0n) is 20.8. The molecule has 3 saturated heterocycles. The van der Waals surface area contributed by atoms with Gasteiger partial charge in [0.15, 0.2) is 0 Å². The number of hydrogen-bond donors (Lipinski definition) is 2. The SMILES string of the molecule is CC1(CN2CCN(c3ccc4c(c3)CN([C@H]3CCC(=O)NC3=O)C4=O)CC2)CC2(CCNCC2)C1. The molecule has 2 N–H and O–H groups in total. The summed E-state index contributed by atoms with van der Waals surface area (Å²) in [6.45, 7) is 10.6. The quantitative estimate of drug-likeness (QED) is 0.640. The highest BCUT2D eigenvalue weighted by molar-refractivity contribution is 6.05. The van der Waals surface area contributed by atoms with Crippen molar-refractivity contribution < 1.29 is 14.4 Å². The predicted molar refractivity (Wildman–Crippen MR) is 133 cm³/mol. The minimum absolute atomic E-state index is 0.105. The third kappa shape index (κ3) is 4.25. The Morgan fingerprint density at radius 1 is 1.03 bits per heavy atom. The number of anilines is 1. The molecular formula is C27H37N5O3. The third-order valence-corrected chi connectivity index (χ3v) is 9.12. The van der Waals surface area contributed by atoms with E-state index in [9.17, 15) is 14.4 Å². The fourth-order valence-electron chi connectivity index (χ4n) is 7.64. The largest absolute Gasteiger partial charge is 0.369 e. The molecule has 1 spiro atoms. The molecule has 1 aliphatic carbocycles. The number of piperazine rings is 1. The summed E-state index contributed by atoms with van der Waals surface area (Å²) in [6, 6.07) is 5.53. The topological polar surface area (TPSA) is 85.0 Å². The van der Waals surface area contributed by atoms with Gasteiger partial charge < -0.3 is 15.1 Å². The van der Waals surface area contributed by atoms with Gasteiger partial charge in [-0.2, -0.15) is 0 Å². The number of fused-ring (bicyclic) bond motifs is 1.